The van der Waals surface area contributed by atoms with Crippen molar-refractivity contribution in [1.29, 1.82) is 0 Å². The van der Waals surface area contributed by atoms with Crippen LogP contribution in [0.5, 0.6) is 0 Å². The molecule has 4 rings (SSSR count). The molecule has 0 amide bonds. The van der Waals surface area contributed by atoms with Crippen LogP contribution in [0.1, 0.15) is 32.4 Å². The molecule has 1 fully saturated rings. The summed E-state index contributed by atoms with van der Waals surface area (Å²) in [6.07, 6.45) is 9.03. The highest BCUT2D eigenvalue weighted by atomic mass is 16.5. The predicted molar refractivity (Wildman–Crippen MR) is 115 cm³/mol. The van der Waals surface area contributed by atoms with Crippen LogP contribution in [0.3, 0.4) is 0 Å². The van der Waals surface area contributed by atoms with Gasteiger partial charge in [0.2, 0.25) is 0 Å². The van der Waals surface area contributed by atoms with E-state index in [4.69, 9.17) is 14.5 Å². The van der Waals surface area contributed by atoms with E-state index in [1.165, 1.54) is 5.39 Å². The van der Waals surface area contributed by atoms with Crippen molar-refractivity contribution in [3.8, 4) is 0 Å². The summed E-state index contributed by atoms with van der Waals surface area (Å²) in [6, 6.07) is 12.5. The van der Waals surface area contributed by atoms with Crippen LogP contribution in [0.25, 0.3) is 10.9 Å². The van der Waals surface area contributed by atoms with E-state index in [-0.39, 0.29) is 17.6 Å². The Balaban J connectivity index is 1.43. The summed E-state index contributed by atoms with van der Waals surface area (Å²) in [5.74, 6) is 0.294. The van der Waals surface area contributed by atoms with Crippen molar-refractivity contribution in [2.75, 3.05) is 13.7 Å². The SMILES string of the molecule is CO[C@@H]1[C@@H](Cn2ccnc2)[C@H](OCCc2ccc3ccccc3n2)CCC1(C)C. The molecule has 0 aliphatic heterocycles. The summed E-state index contributed by atoms with van der Waals surface area (Å²) in [7, 11) is 1.83. The average Bonchev–Trinajstić information content (AvgIpc) is 3.23. The number of rotatable bonds is 7. The molecule has 3 aromatic rings. The van der Waals surface area contributed by atoms with Gasteiger partial charge in [-0.2, -0.15) is 0 Å². The fourth-order valence-electron chi connectivity index (χ4n) is 4.76. The molecule has 5 nitrogen and oxygen atoms in total. The second kappa shape index (κ2) is 8.64. The number of methoxy groups -OCH3 is 1. The highest BCUT2D eigenvalue weighted by Crippen LogP contribution is 2.42. The molecule has 1 aliphatic carbocycles. The third-order valence-electron chi connectivity index (χ3n) is 6.29. The standard InChI is InChI=1S/C24H31N3O2/c1-24(2)12-10-22(20(23(24)28-3)16-27-14-13-25-17-27)29-15-11-19-9-8-18-6-4-5-7-21(18)26-19/h4-9,13-14,17,20,22-23H,10-12,15-16H2,1-3H3/t20-,22+,23+/m0/s1. The Labute approximate surface area is 173 Å². The van der Waals surface area contributed by atoms with Gasteiger partial charge in [0.25, 0.3) is 0 Å². The highest BCUT2D eigenvalue weighted by Gasteiger charge is 2.44. The molecule has 154 valence electrons. The van der Waals surface area contributed by atoms with Gasteiger partial charge in [0.1, 0.15) is 0 Å². The first-order valence-electron chi connectivity index (χ1n) is 10.5. The summed E-state index contributed by atoms with van der Waals surface area (Å²) in [5.41, 5.74) is 2.26. The van der Waals surface area contributed by atoms with Crippen LogP contribution in [0, 0.1) is 11.3 Å². The summed E-state index contributed by atoms with van der Waals surface area (Å²) in [5, 5.41) is 1.18. The van der Waals surface area contributed by atoms with Crippen molar-refractivity contribution < 1.29 is 9.47 Å². The Morgan fingerprint density at radius 1 is 1.17 bits per heavy atom. The first-order chi connectivity index (χ1) is 14.1. The zero-order valence-corrected chi connectivity index (χ0v) is 17.6. The van der Waals surface area contributed by atoms with Gasteiger partial charge in [-0.25, -0.2) is 4.98 Å². The van der Waals surface area contributed by atoms with Crippen molar-refractivity contribution in [1.82, 2.24) is 14.5 Å². The molecule has 0 radical (unpaired) electrons. The molecule has 0 saturated heterocycles. The van der Waals surface area contributed by atoms with Crippen LogP contribution < -0.4 is 0 Å². The largest absolute Gasteiger partial charge is 0.380 e. The Morgan fingerprint density at radius 3 is 2.83 bits per heavy atom. The summed E-state index contributed by atoms with van der Waals surface area (Å²) in [4.78, 5) is 8.97. The van der Waals surface area contributed by atoms with Gasteiger partial charge in [-0.3, -0.25) is 4.98 Å². The van der Waals surface area contributed by atoms with Crippen molar-refractivity contribution in [2.24, 2.45) is 11.3 Å². The molecule has 5 heteroatoms. The fourth-order valence-corrected chi connectivity index (χ4v) is 4.76. The van der Waals surface area contributed by atoms with Crippen LogP contribution in [-0.4, -0.2) is 40.5 Å². The molecule has 1 aromatic carbocycles. The van der Waals surface area contributed by atoms with Gasteiger partial charge >= 0.3 is 0 Å². The van der Waals surface area contributed by atoms with Gasteiger partial charge in [0.05, 0.1) is 30.7 Å². The predicted octanol–water partition coefficient (Wildman–Crippen LogP) is 4.51. The third kappa shape index (κ3) is 4.51. The molecule has 0 N–H and O–H groups in total. The van der Waals surface area contributed by atoms with Crippen molar-refractivity contribution in [3.05, 3.63) is 60.8 Å². The van der Waals surface area contributed by atoms with Crippen LogP contribution in [0.4, 0.5) is 0 Å². The minimum absolute atomic E-state index is 0.139. The van der Waals surface area contributed by atoms with Crippen LogP contribution in [-0.2, 0) is 22.4 Å². The van der Waals surface area contributed by atoms with E-state index in [1.807, 2.05) is 38.0 Å². The van der Waals surface area contributed by atoms with Gasteiger partial charge < -0.3 is 14.0 Å². The van der Waals surface area contributed by atoms with E-state index in [2.05, 4.69) is 47.7 Å². The highest BCUT2D eigenvalue weighted by molar-refractivity contribution is 5.78. The Bertz CT molecular complexity index is 923. The lowest BCUT2D eigenvalue weighted by molar-refractivity contribution is -0.135. The maximum Gasteiger partial charge on any atom is 0.0946 e. The van der Waals surface area contributed by atoms with Crippen molar-refractivity contribution >= 4 is 10.9 Å². The lowest BCUT2D eigenvalue weighted by Gasteiger charge is -2.47. The maximum atomic E-state index is 6.43. The second-order valence-electron chi connectivity index (χ2n) is 8.76. The van der Waals surface area contributed by atoms with Crippen LogP contribution >= 0.6 is 0 Å². The molecule has 0 spiro atoms. The monoisotopic (exact) mass is 393 g/mol. The van der Waals surface area contributed by atoms with Gasteiger partial charge in [-0.05, 0) is 30.4 Å². The number of nitrogens with zero attached hydrogens (tertiary/aromatic N) is 3. The maximum absolute atomic E-state index is 6.43. The first-order valence-corrected chi connectivity index (χ1v) is 10.5. The lowest BCUT2D eigenvalue weighted by Crippen LogP contribution is -2.50. The van der Waals surface area contributed by atoms with Crippen molar-refractivity contribution in [2.45, 2.75) is 51.9 Å². The normalized spacial score (nSPS) is 24.0. The number of fused-ring (bicyclic) bond motifs is 1. The zero-order chi connectivity index (χ0) is 20.3. The molecule has 3 atom stereocenters. The quantitative estimate of drug-likeness (QED) is 0.593. The smallest absolute Gasteiger partial charge is 0.0946 e. The molecular formula is C24H31N3O2. The van der Waals surface area contributed by atoms with E-state index in [0.29, 0.717) is 12.5 Å². The Kier molecular flexibility index (Phi) is 5.97. The molecule has 0 unspecified atom stereocenters. The van der Waals surface area contributed by atoms with Gasteiger partial charge in [0, 0.05) is 49.5 Å². The van der Waals surface area contributed by atoms with Crippen molar-refractivity contribution in [3.63, 3.8) is 0 Å². The summed E-state index contributed by atoms with van der Waals surface area (Å²) < 4.78 is 14.6. The van der Waals surface area contributed by atoms with Gasteiger partial charge in [0.15, 0.2) is 0 Å². The van der Waals surface area contributed by atoms with E-state index < -0.39 is 0 Å². The van der Waals surface area contributed by atoms with Crippen LogP contribution in [0.2, 0.25) is 0 Å². The zero-order valence-electron chi connectivity index (χ0n) is 17.6. The number of ether oxygens (including phenoxy) is 2. The minimum Gasteiger partial charge on any atom is -0.380 e. The van der Waals surface area contributed by atoms with Gasteiger partial charge in [-0.1, -0.05) is 38.1 Å². The molecule has 1 aliphatic rings. The third-order valence-corrected chi connectivity index (χ3v) is 6.29. The Hall–Kier alpha value is -2.24. The number of imidazole rings is 1. The van der Waals surface area contributed by atoms with E-state index >= 15 is 0 Å². The van der Waals surface area contributed by atoms with Gasteiger partial charge in [-0.15, -0.1) is 0 Å². The molecule has 1 saturated carbocycles. The number of hydrogen-bond donors (Lipinski definition) is 0. The molecular weight excluding hydrogens is 362 g/mol. The fraction of sp³-hybridized carbons (Fsp3) is 0.500. The van der Waals surface area contributed by atoms with Crippen LogP contribution in [0.15, 0.2) is 55.1 Å². The lowest BCUT2D eigenvalue weighted by atomic mass is 9.68. The number of benzene rings is 1. The number of para-hydroxylation sites is 1. The van der Waals surface area contributed by atoms with E-state index in [1.54, 1.807) is 0 Å². The second-order valence-corrected chi connectivity index (χ2v) is 8.76. The molecule has 0 bridgehead atoms. The van der Waals surface area contributed by atoms with E-state index in [0.717, 1.165) is 37.0 Å². The number of aromatic nitrogens is 3. The number of hydrogen-bond acceptors (Lipinski definition) is 4. The molecule has 2 heterocycles. The number of pyridine rings is 1. The molecule has 2 aromatic heterocycles. The molecule has 29 heavy (non-hydrogen) atoms. The first kappa shape index (κ1) is 20.0. The summed E-state index contributed by atoms with van der Waals surface area (Å²) >= 11 is 0. The topological polar surface area (TPSA) is 49.2 Å². The summed E-state index contributed by atoms with van der Waals surface area (Å²) in [6.45, 7) is 6.14. The van der Waals surface area contributed by atoms with E-state index in [9.17, 15) is 0 Å². The average molecular weight is 394 g/mol. The minimum atomic E-state index is 0.139. The Morgan fingerprint density at radius 2 is 2.03 bits per heavy atom.